The van der Waals surface area contributed by atoms with Crippen LogP contribution in [0.2, 0.25) is 0 Å². The number of thioether (sulfide) groups is 1. The number of hydrogen-bond donors (Lipinski definition) is 4. The Hall–Kier alpha value is -5.08. The quantitative estimate of drug-likeness (QED) is 0.0690. The monoisotopic (exact) mass is 743 g/mol. The van der Waals surface area contributed by atoms with Crippen LogP contribution in [0.15, 0.2) is 118 Å². The fourth-order valence-electron chi connectivity index (χ4n) is 5.44. The van der Waals surface area contributed by atoms with E-state index in [4.69, 9.17) is 14.9 Å². The number of fused-ring (bicyclic) bond motifs is 2. The van der Waals surface area contributed by atoms with E-state index in [0.717, 1.165) is 19.5 Å². The second-order valence-corrected chi connectivity index (χ2v) is 13.8. The van der Waals surface area contributed by atoms with Crippen LogP contribution < -0.4 is 10.1 Å². The number of phenolic OH excluding ortho intramolecular Hbond substituents is 1. The molecule has 1 atom stereocenters. The molecule has 1 amide bonds. The van der Waals surface area contributed by atoms with E-state index in [1.807, 2.05) is 23.5 Å². The normalized spacial score (nSPS) is 15.3. The molecule has 2 aliphatic rings. The molecular formula is C39H41N3O8S2. The number of nitrogens with zero attached hydrogens (tertiary/aromatic N) is 2. The molecule has 4 N–H and O–H groups in total. The zero-order chi connectivity index (χ0) is 37.6. The highest BCUT2D eigenvalue weighted by Gasteiger charge is 2.29. The van der Waals surface area contributed by atoms with Crippen molar-refractivity contribution in [1.82, 2.24) is 9.80 Å². The minimum absolute atomic E-state index is 0.0958. The molecule has 0 aliphatic carbocycles. The molecule has 52 heavy (non-hydrogen) atoms. The molecule has 2 aliphatic heterocycles. The Bertz CT molecular complexity index is 1880. The largest absolute Gasteiger partial charge is 0.507 e. The van der Waals surface area contributed by atoms with Gasteiger partial charge in [0.15, 0.2) is 0 Å². The van der Waals surface area contributed by atoms with Crippen LogP contribution in [0.4, 0.5) is 5.69 Å². The lowest BCUT2D eigenvalue weighted by Gasteiger charge is -2.38. The maximum atomic E-state index is 11.8. The Morgan fingerprint density at radius 1 is 0.846 bits per heavy atom. The molecule has 4 aromatic rings. The summed E-state index contributed by atoms with van der Waals surface area (Å²) in [5.41, 5.74) is 3.72. The molecule has 4 aromatic carbocycles. The number of rotatable bonds is 7. The summed E-state index contributed by atoms with van der Waals surface area (Å²) < 4.78 is 5.13. The molecule has 0 aromatic heterocycles. The average Bonchev–Trinajstić information content (AvgIpc) is 3.29. The van der Waals surface area contributed by atoms with Crippen molar-refractivity contribution in [2.24, 2.45) is 0 Å². The highest BCUT2D eigenvalue weighted by molar-refractivity contribution is 7.99. The van der Waals surface area contributed by atoms with Crippen LogP contribution in [0.1, 0.15) is 34.5 Å². The van der Waals surface area contributed by atoms with Gasteiger partial charge in [-0.05, 0) is 91.5 Å². The van der Waals surface area contributed by atoms with Crippen molar-refractivity contribution >= 4 is 53.0 Å². The van der Waals surface area contributed by atoms with Crippen LogP contribution >= 0.6 is 23.5 Å². The summed E-state index contributed by atoms with van der Waals surface area (Å²) in [5, 5.41) is 27.8. The molecule has 0 bridgehead atoms. The predicted molar refractivity (Wildman–Crippen MR) is 203 cm³/mol. The zero-order valence-electron chi connectivity index (χ0n) is 29.0. The number of nitrogens with one attached hydrogen (secondary N) is 1. The molecule has 2 heterocycles. The van der Waals surface area contributed by atoms with Crippen molar-refractivity contribution in [2.75, 3.05) is 44.8 Å². The number of aromatic hydroxyl groups is 1. The van der Waals surface area contributed by atoms with Gasteiger partial charge in [0.05, 0.1) is 0 Å². The lowest BCUT2D eigenvalue weighted by atomic mass is 9.96. The van der Waals surface area contributed by atoms with Crippen LogP contribution in [0.25, 0.3) is 0 Å². The lowest BCUT2D eigenvalue weighted by Crippen LogP contribution is -2.46. The van der Waals surface area contributed by atoms with Crippen molar-refractivity contribution in [3.8, 4) is 11.5 Å². The Morgan fingerprint density at radius 3 is 2.10 bits per heavy atom. The van der Waals surface area contributed by atoms with Gasteiger partial charge in [0.25, 0.3) is 0 Å². The number of carboxylic acid groups (broad SMARTS) is 2. The minimum Gasteiger partial charge on any atom is -0.507 e. The van der Waals surface area contributed by atoms with Crippen LogP contribution in [0.3, 0.4) is 0 Å². The van der Waals surface area contributed by atoms with Gasteiger partial charge in [-0.25, -0.2) is 14.4 Å². The van der Waals surface area contributed by atoms with E-state index in [0.29, 0.717) is 29.6 Å². The number of piperazine rings is 1. The summed E-state index contributed by atoms with van der Waals surface area (Å²) in [4.78, 5) is 51.2. The number of benzene rings is 4. The van der Waals surface area contributed by atoms with Gasteiger partial charge in [0, 0.05) is 71.7 Å². The number of likely N-dealkylation sites (N-methyl/N-ethyl adjacent to an activating group) is 1. The van der Waals surface area contributed by atoms with E-state index in [2.05, 4.69) is 70.9 Å². The first-order valence-corrected chi connectivity index (χ1v) is 18.4. The number of hydrogen-bond acceptors (Lipinski definition) is 10. The minimum atomic E-state index is -1.26. The van der Waals surface area contributed by atoms with Gasteiger partial charge < -0.3 is 30.3 Å². The maximum Gasteiger partial charge on any atom is 0.347 e. The highest BCUT2D eigenvalue weighted by Crippen LogP contribution is 2.44. The topological polar surface area (TPSA) is 157 Å². The number of aliphatic carboxylic acids is 2. The first-order valence-electron chi connectivity index (χ1n) is 16.3. The van der Waals surface area contributed by atoms with Gasteiger partial charge in [-0.3, -0.25) is 9.69 Å². The summed E-state index contributed by atoms with van der Waals surface area (Å²) in [6.45, 7) is 6.08. The number of amides is 1. The van der Waals surface area contributed by atoms with Crippen LogP contribution in [0.5, 0.6) is 11.5 Å². The molecule has 0 saturated carbocycles. The number of phenols is 1. The average molecular weight is 744 g/mol. The maximum absolute atomic E-state index is 11.8. The molecule has 0 radical (unpaired) electrons. The Labute approximate surface area is 311 Å². The Balaban J connectivity index is 0.000000196. The van der Waals surface area contributed by atoms with Crippen LogP contribution in [-0.2, 0) is 20.8 Å². The molecule has 0 spiro atoms. The second kappa shape index (κ2) is 19.5. The third-order valence-corrected chi connectivity index (χ3v) is 9.97. The lowest BCUT2D eigenvalue weighted by molar-refractivity contribution is -0.134. The van der Waals surface area contributed by atoms with Crippen molar-refractivity contribution in [2.45, 2.75) is 34.1 Å². The third kappa shape index (κ3) is 12.0. The summed E-state index contributed by atoms with van der Waals surface area (Å²) in [6, 6.07) is 29.0. The molecule has 272 valence electrons. The number of esters is 1. The molecule has 11 nitrogen and oxygen atoms in total. The van der Waals surface area contributed by atoms with Gasteiger partial charge in [0.2, 0.25) is 5.91 Å². The number of carbonyl (C=O) groups excluding carboxylic acids is 2. The summed E-state index contributed by atoms with van der Waals surface area (Å²) in [5.74, 6) is -3.14. The fraction of sp³-hybridized carbons (Fsp3) is 0.231. The SMILES string of the molecule is CC(=O)Nc1ccc(OC(=O)c2ccccc2O)cc1.CSc1ccc2c(c1)C(N1CCN(C)CC1)Cc1ccccc1S2.O=C(O)C=CC(=O)O. The fourth-order valence-corrected chi connectivity index (χ4v) is 7.00. The van der Waals surface area contributed by atoms with E-state index in [1.165, 1.54) is 58.0 Å². The van der Waals surface area contributed by atoms with Gasteiger partial charge in [-0.1, -0.05) is 42.1 Å². The van der Waals surface area contributed by atoms with Gasteiger partial charge in [-0.2, -0.15) is 0 Å². The van der Waals surface area contributed by atoms with E-state index < -0.39 is 17.9 Å². The number of anilines is 1. The first-order chi connectivity index (χ1) is 24.9. The number of carboxylic acids is 2. The van der Waals surface area contributed by atoms with Gasteiger partial charge in [0.1, 0.15) is 17.1 Å². The molecular weight excluding hydrogens is 703 g/mol. The highest BCUT2D eigenvalue weighted by atomic mass is 32.2. The van der Waals surface area contributed by atoms with E-state index in [9.17, 15) is 24.3 Å². The van der Waals surface area contributed by atoms with Crippen molar-refractivity contribution in [3.05, 3.63) is 120 Å². The summed E-state index contributed by atoms with van der Waals surface area (Å²) in [6.07, 6.45) is 4.41. The van der Waals surface area contributed by atoms with E-state index in [1.54, 1.807) is 36.4 Å². The number of ether oxygens (including phenoxy) is 1. The predicted octanol–water partition coefficient (Wildman–Crippen LogP) is 6.69. The molecule has 1 saturated heterocycles. The summed E-state index contributed by atoms with van der Waals surface area (Å²) in [7, 11) is 2.23. The second-order valence-electron chi connectivity index (χ2n) is 11.8. The summed E-state index contributed by atoms with van der Waals surface area (Å²) >= 11 is 3.79. The van der Waals surface area contributed by atoms with Crippen LogP contribution in [0, 0.1) is 0 Å². The smallest absolute Gasteiger partial charge is 0.347 e. The zero-order valence-corrected chi connectivity index (χ0v) is 30.7. The van der Waals surface area contributed by atoms with E-state index in [-0.39, 0.29) is 17.2 Å². The van der Waals surface area contributed by atoms with E-state index >= 15 is 0 Å². The van der Waals surface area contributed by atoms with Gasteiger partial charge in [-0.15, -0.1) is 11.8 Å². The van der Waals surface area contributed by atoms with Crippen molar-refractivity contribution < 1.29 is 39.2 Å². The van der Waals surface area contributed by atoms with Crippen molar-refractivity contribution in [3.63, 3.8) is 0 Å². The van der Waals surface area contributed by atoms with Gasteiger partial charge >= 0.3 is 17.9 Å². The number of carbonyl (C=O) groups is 4. The van der Waals surface area contributed by atoms with Crippen molar-refractivity contribution in [1.29, 1.82) is 0 Å². The first kappa shape index (κ1) is 39.7. The Kier molecular flexibility index (Phi) is 14.9. The molecule has 13 heteroatoms. The Morgan fingerprint density at radius 2 is 1.48 bits per heavy atom. The molecule has 1 fully saturated rings. The standard InChI is InChI=1S/C20H24N2S2.C15H13NO4.C4H4O4/c1-21-9-11-22(12-10-21)18-13-15-5-3-4-6-19(15)24-20-8-7-16(23-2)14-17(18)20;1-10(17)16-11-6-8-12(9-7-11)20-15(19)13-4-2-3-5-14(13)18;5-3(6)1-2-4(7)8/h3-8,14,18H,9-13H2,1-2H3;2-9,18H,1H3,(H,16,17);1-2H,(H,5,6)(H,7,8). The number of para-hydroxylation sites is 1. The molecule has 6 rings (SSSR count). The third-order valence-electron chi connectivity index (χ3n) is 8.04. The van der Waals surface area contributed by atoms with Crippen LogP contribution in [-0.4, -0.2) is 88.4 Å². The molecule has 1 unspecified atom stereocenters.